The maximum atomic E-state index is 10.8. The Kier molecular flexibility index (Phi) is 4.95. The Hall–Kier alpha value is -0.610. The molecule has 0 amide bonds. The van der Waals surface area contributed by atoms with Crippen molar-refractivity contribution >= 4 is 5.97 Å². The number of carboxylic acids is 1. The summed E-state index contributed by atoms with van der Waals surface area (Å²) in [5.41, 5.74) is 0. The SMILES string of the molecule is CC(C)C(NC(C)C(C)O)C(=O)O. The number of aliphatic hydroxyl groups excluding tert-OH is 1. The highest BCUT2D eigenvalue weighted by atomic mass is 16.4. The topological polar surface area (TPSA) is 69.6 Å². The summed E-state index contributed by atoms with van der Waals surface area (Å²) in [4.78, 5) is 10.8. The Bertz CT molecular complexity index is 168. The minimum atomic E-state index is -0.873. The van der Waals surface area contributed by atoms with E-state index < -0.39 is 18.1 Å². The predicted molar refractivity (Wildman–Crippen MR) is 50.5 cm³/mol. The van der Waals surface area contributed by atoms with Crippen molar-refractivity contribution in [2.45, 2.75) is 45.9 Å². The number of carboxylic acid groups (broad SMARTS) is 1. The number of rotatable bonds is 5. The van der Waals surface area contributed by atoms with Gasteiger partial charge in [-0.15, -0.1) is 0 Å². The number of aliphatic hydroxyl groups is 1. The molecule has 4 heteroatoms. The normalized spacial score (nSPS) is 18.3. The van der Waals surface area contributed by atoms with Crippen molar-refractivity contribution in [3.63, 3.8) is 0 Å². The van der Waals surface area contributed by atoms with Crippen LogP contribution in [0.25, 0.3) is 0 Å². The minimum Gasteiger partial charge on any atom is -0.480 e. The van der Waals surface area contributed by atoms with Crippen LogP contribution in [0.1, 0.15) is 27.7 Å². The number of nitrogens with one attached hydrogen (secondary N) is 1. The molecule has 0 aliphatic carbocycles. The molecule has 3 atom stereocenters. The first kappa shape index (κ1) is 12.4. The van der Waals surface area contributed by atoms with Crippen molar-refractivity contribution in [1.29, 1.82) is 0 Å². The Morgan fingerprint density at radius 1 is 1.23 bits per heavy atom. The lowest BCUT2D eigenvalue weighted by atomic mass is 10.0. The van der Waals surface area contributed by atoms with Gasteiger partial charge in [0, 0.05) is 6.04 Å². The molecule has 0 heterocycles. The molecule has 0 fully saturated rings. The van der Waals surface area contributed by atoms with E-state index in [2.05, 4.69) is 5.32 Å². The van der Waals surface area contributed by atoms with Gasteiger partial charge in [-0.25, -0.2) is 0 Å². The van der Waals surface area contributed by atoms with Crippen LogP contribution in [0.15, 0.2) is 0 Å². The third-order valence-corrected chi connectivity index (χ3v) is 2.10. The van der Waals surface area contributed by atoms with E-state index in [1.54, 1.807) is 13.8 Å². The lowest BCUT2D eigenvalue weighted by molar-refractivity contribution is -0.141. The van der Waals surface area contributed by atoms with Crippen LogP contribution in [0.3, 0.4) is 0 Å². The van der Waals surface area contributed by atoms with Crippen LogP contribution in [0.5, 0.6) is 0 Å². The molecule has 0 aliphatic rings. The summed E-state index contributed by atoms with van der Waals surface area (Å²) in [5, 5.41) is 20.9. The van der Waals surface area contributed by atoms with E-state index in [-0.39, 0.29) is 12.0 Å². The Morgan fingerprint density at radius 2 is 1.69 bits per heavy atom. The Labute approximate surface area is 79.0 Å². The van der Waals surface area contributed by atoms with Gasteiger partial charge < -0.3 is 10.2 Å². The van der Waals surface area contributed by atoms with E-state index in [1.807, 2.05) is 13.8 Å². The van der Waals surface area contributed by atoms with E-state index in [0.717, 1.165) is 0 Å². The first-order valence-corrected chi connectivity index (χ1v) is 4.53. The van der Waals surface area contributed by atoms with E-state index >= 15 is 0 Å². The third kappa shape index (κ3) is 4.24. The van der Waals surface area contributed by atoms with Crippen molar-refractivity contribution in [2.75, 3.05) is 0 Å². The summed E-state index contributed by atoms with van der Waals surface area (Å²) >= 11 is 0. The molecular formula is C9H19NO3. The molecule has 4 nitrogen and oxygen atoms in total. The monoisotopic (exact) mass is 189 g/mol. The summed E-state index contributed by atoms with van der Waals surface area (Å²) in [6, 6.07) is -0.798. The molecule has 0 spiro atoms. The van der Waals surface area contributed by atoms with Gasteiger partial charge in [0.05, 0.1) is 6.10 Å². The zero-order valence-electron chi connectivity index (χ0n) is 8.61. The minimum absolute atomic E-state index is 0.0127. The first-order chi connectivity index (χ1) is 5.86. The summed E-state index contributed by atoms with van der Waals surface area (Å²) < 4.78 is 0. The van der Waals surface area contributed by atoms with Crippen molar-refractivity contribution in [2.24, 2.45) is 5.92 Å². The average Bonchev–Trinajstić information content (AvgIpc) is 1.97. The van der Waals surface area contributed by atoms with E-state index in [0.29, 0.717) is 0 Å². The molecule has 3 unspecified atom stereocenters. The molecule has 78 valence electrons. The average molecular weight is 189 g/mol. The molecule has 13 heavy (non-hydrogen) atoms. The highest BCUT2D eigenvalue weighted by molar-refractivity contribution is 5.73. The molecular weight excluding hydrogens is 170 g/mol. The maximum absolute atomic E-state index is 10.8. The smallest absolute Gasteiger partial charge is 0.320 e. The lowest BCUT2D eigenvalue weighted by Gasteiger charge is -2.24. The second-order valence-corrected chi connectivity index (χ2v) is 3.76. The molecule has 0 saturated heterocycles. The third-order valence-electron chi connectivity index (χ3n) is 2.10. The van der Waals surface area contributed by atoms with Crippen LogP contribution >= 0.6 is 0 Å². The second-order valence-electron chi connectivity index (χ2n) is 3.76. The fourth-order valence-corrected chi connectivity index (χ4v) is 0.971. The van der Waals surface area contributed by atoms with Crippen LogP contribution in [0.4, 0.5) is 0 Å². The summed E-state index contributed by atoms with van der Waals surface area (Å²) in [6.45, 7) is 7.07. The van der Waals surface area contributed by atoms with Gasteiger partial charge in [0.25, 0.3) is 0 Å². The van der Waals surface area contributed by atoms with Crippen molar-refractivity contribution in [3.8, 4) is 0 Å². The van der Waals surface area contributed by atoms with Gasteiger partial charge in [0.15, 0.2) is 0 Å². The van der Waals surface area contributed by atoms with Crippen LogP contribution in [0, 0.1) is 5.92 Å². The largest absolute Gasteiger partial charge is 0.480 e. The Balaban J connectivity index is 4.18. The van der Waals surface area contributed by atoms with Gasteiger partial charge in [-0.2, -0.15) is 0 Å². The van der Waals surface area contributed by atoms with Gasteiger partial charge in [-0.3, -0.25) is 10.1 Å². The highest BCUT2D eigenvalue weighted by Crippen LogP contribution is 2.04. The summed E-state index contributed by atoms with van der Waals surface area (Å²) in [5.74, 6) is -0.860. The second kappa shape index (κ2) is 5.19. The summed E-state index contributed by atoms with van der Waals surface area (Å²) in [7, 11) is 0. The quantitative estimate of drug-likeness (QED) is 0.587. The maximum Gasteiger partial charge on any atom is 0.320 e. The van der Waals surface area contributed by atoms with E-state index in [9.17, 15) is 9.90 Å². The van der Waals surface area contributed by atoms with Gasteiger partial charge in [0.1, 0.15) is 6.04 Å². The van der Waals surface area contributed by atoms with Gasteiger partial charge in [0.2, 0.25) is 0 Å². The van der Waals surface area contributed by atoms with Crippen LogP contribution in [-0.4, -0.2) is 34.4 Å². The molecule has 3 N–H and O–H groups in total. The lowest BCUT2D eigenvalue weighted by Crippen LogP contribution is -2.49. The van der Waals surface area contributed by atoms with Crippen LogP contribution in [0.2, 0.25) is 0 Å². The predicted octanol–water partition coefficient (Wildman–Crippen LogP) is 0.454. The van der Waals surface area contributed by atoms with Crippen molar-refractivity contribution in [1.82, 2.24) is 5.32 Å². The fourth-order valence-electron chi connectivity index (χ4n) is 0.971. The number of carbonyl (C=O) groups is 1. The van der Waals surface area contributed by atoms with E-state index in [4.69, 9.17) is 5.11 Å². The van der Waals surface area contributed by atoms with Crippen LogP contribution in [-0.2, 0) is 4.79 Å². The number of aliphatic carboxylic acids is 1. The number of hydrogen-bond donors (Lipinski definition) is 3. The van der Waals surface area contributed by atoms with Gasteiger partial charge in [-0.1, -0.05) is 13.8 Å². The van der Waals surface area contributed by atoms with Crippen molar-refractivity contribution in [3.05, 3.63) is 0 Å². The fraction of sp³-hybridized carbons (Fsp3) is 0.889. The Morgan fingerprint density at radius 3 is 1.92 bits per heavy atom. The van der Waals surface area contributed by atoms with Gasteiger partial charge in [-0.05, 0) is 19.8 Å². The molecule has 0 aromatic rings. The first-order valence-electron chi connectivity index (χ1n) is 4.53. The zero-order chi connectivity index (χ0) is 10.6. The molecule has 0 radical (unpaired) electrons. The highest BCUT2D eigenvalue weighted by Gasteiger charge is 2.24. The molecule has 0 saturated carbocycles. The summed E-state index contributed by atoms with van der Waals surface area (Å²) in [6.07, 6.45) is -0.541. The van der Waals surface area contributed by atoms with Crippen LogP contribution < -0.4 is 5.32 Å². The standard InChI is InChI=1S/C9H19NO3/c1-5(2)8(9(12)13)10-6(3)7(4)11/h5-8,10-11H,1-4H3,(H,12,13). The molecule has 0 aromatic heterocycles. The molecule has 0 aliphatic heterocycles. The molecule has 0 bridgehead atoms. The van der Waals surface area contributed by atoms with E-state index in [1.165, 1.54) is 0 Å². The zero-order valence-corrected chi connectivity index (χ0v) is 8.61. The van der Waals surface area contributed by atoms with Crippen molar-refractivity contribution < 1.29 is 15.0 Å². The number of hydrogen-bond acceptors (Lipinski definition) is 3. The molecule has 0 rings (SSSR count). The molecule has 0 aromatic carbocycles. The van der Waals surface area contributed by atoms with Gasteiger partial charge >= 0.3 is 5.97 Å².